The quantitative estimate of drug-likeness (QED) is 0.892. The van der Waals surface area contributed by atoms with Crippen molar-refractivity contribution in [3.8, 4) is 0 Å². The average molecular weight is 237 g/mol. The van der Waals surface area contributed by atoms with Crippen molar-refractivity contribution >= 4 is 27.2 Å². The molecule has 0 aliphatic rings. The summed E-state index contributed by atoms with van der Waals surface area (Å²) in [6.07, 6.45) is 1.63. The van der Waals surface area contributed by atoms with Gasteiger partial charge in [-0.3, -0.25) is 0 Å². The summed E-state index contributed by atoms with van der Waals surface area (Å²) < 4.78 is 12.8. The molecule has 0 spiro atoms. The van der Waals surface area contributed by atoms with Gasteiger partial charge in [0.15, 0.2) is 5.13 Å². The van der Waals surface area contributed by atoms with Crippen LogP contribution >= 0.6 is 11.3 Å². The van der Waals surface area contributed by atoms with E-state index in [4.69, 9.17) is 5.73 Å². The molecule has 1 aromatic carbocycles. The molecule has 16 heavy (non-hydrogen) atoms. The molecule has 84 valence electrons. The van der Waals surface area contributed by atoms with Crippen LogP contribution in [0.1, 0.15) is 6.92 Å². The van der Waals surface area contributed by atoms with Crippen LogP contribution in [0.25, 0.3) is 0 Å². The molecule has 2 aromatic rings. The summed E-state index contributed by atoms with van der Waals surface area (Å²) in [6, 6.07) is 6.34. The van der Waals surface area contributed by atoms with E-state index in [0.717, 1.165) is 17.4 Å². The van der Waals surface area contributed by atoms with Gasteiger partial charge in [0.25, 0.3) is 0 Å². The minimum atomic E-state index is -0.238. The molecule has 0 aliphatic carbocycles. The van der Waals surface area contributed by atoms with Crippen molar-refractivity contribution in [2.75, 3.05) is 17.2 Å². The first-order valence-corrected chi connectivity index (χ1v) is 5.76. The van der Waals surface area contributed by atoms with Gasteiger partial charge in [0, 0.05) is 12.2 Å². The molecule has 0 unspecified atom stereocenters. The first-order chi connectivity index (χ1) is 7.70. The van der Waals surface area contributed by atoms with Crippen LogP contribution in [-0.2, 0) is 0 Å². The number of aromatic nitrogens is 1. The third-order valence-corrected chi connectivity index (χ3v) is 3.05. The normalized spacial score (nSPS) is 10.4. The molecule has 0 saturated carbocycles. The third kappa shape index (κ3) is 2.14. The van der Waals surface area contributed by atoms with Gasteiger partial charge in [-0.05, 0) is 31.2 Å². The van der Waals surface area contributed by atoms with Crippen LogP contribution < -0.4 is 10.6 Å². The van der Waals surface area contributed by atoms with Gasteiger partial charge in [-0.1, -0.05) is 11.3 Å². The Kier molecular flexibility index (Phi) is 3.05. The van der Waals surface area contributed by atoms with Crippen LogP contribution in [0.4, 0.5) is 20.2 Å². The molecule has 0 bridgehead atoms. The SMILES string of the molecule is CCN(c1ccc(F)cc1)c1ncc(N)s1. The van der Waals surface area contributed by atoms with Crippen LogP contribution in [0, 0.1) is 5.82 Å². The van der Waals surface area contributed by atoms with E-state index in [1.165, 1.54) is 23.5 Å². The highest BCUT2D eigenvalue weighted by atomic mass is 32.1. The molecule has 5 heteroatoms. The fourth-order valence-corrected chi connectivity index (χ4v) is 2.22. The van der Waals surface area contributed by atoms with Gasteiger partial charge in [0.05, 0.1) is 6.20 Å². The highest BCUT2D eigenvalue weighted by Crippen LogP contribution is 2.30. The minimum absolute atomic E-state index is 0.238. The van der Waals surface area contributed by atoms with Gasteiger partial charge >= 0.3 is 0 Å². The Hall–Kier alpha value is -1.62. The van der Waals surface area contributed by atoms with Crippen LogP contribution in [-0.4, -0.2) is 11.5 Å². The Morgan fingerprint density at radius 3 is 2.56 bits per heavy atom. The maximum absolute atomic E-state index is 12.8. The van der Waals surface area contributed by atoms with Crippen molar-refractivity contribution < 1.29 is 4.39 Å². The smallest absolute Gasteiger partial charge is 0.191 e. The highest BCUT2D eigenvalue weighted by Gasteiger charge is 2.10. The second kappa shape index (κ2) is 4.49. The van der Waals surface area contributed by atoms with Crippen LogP contribution in [0.15, 0.2) is 30.5 Å². The number of thiazole rings is 1. The first-order valence-electron chi connectivity index (χ1n) is 4.95. The molecule has 0 atom stereocenters. The van der Waals surface area contributed by atoms with E-state index in [1.807, 2.05) is 11.8 Å². The van der Waals surface area contributed by atoms with Gasteiger partial charge in [-0.25, -0.2) is 9.37 Å². The predicted molar refractivity (Wildman–Crippen MR) is 65.6 cm³/mol. The van der Waals surface area contributed by atoms with Crippen LogP contribution in [0.2, 0.25) is 0 Å². The molecule has 0 aliphatic heterocycles. The number of nitrogens with two attached hydrogens (primary N) is 1. The highest BCUT2D eigenvalue weighted by molar-refractivity contribution is 7.19. The third-order valence-electron chi connectivity index (χ3n) is 2.20. The summed E-state index contributed by atoms with van der Waals surface area (Å²) in [6.45, 7) is 2.78. The van der Waals surface area contributed by atoms with Crippen molar-refractivity contribution in [1.29, 1.82) is 0 Å². The maximum Gasteiger partial charge on any atom is 0.191 e. The topological polar surface area (TPSA) is 42.2 Å². The molecule has 1 heterocycles. The lowest BCUT2D eigenvalue weighted by Gasteiger charge is -2.19. The Labute approximate surface area is 97.3 Å². The van der Waals surface area contributed by atoms with E-state index < -0.39 is 0 Å². The van der Waals surface area contributed by atoms with Crippen molar-refractivity contribution in [1.82, 2.24) is 4.98 Å². The number of halogens is 1. The number of nitrogens with zero attached hydrogens (tertiary/aromatic N) is 2. The monoisotopic (exact) mass is 237 g/mol. The Morgan fingerprint density at radius 1 is 1.38 bits per heavy atom. The van der Waals surface area contributed by atoms with Crippen molar-refractivity contribution in [2.45, 2.75) is 6.92 Å². The van der Waals surface area contributed by atoms with Crippen molar-refractivity contribution in [2.24, 2.45) is 0 Å². The largest absolute Gasteiger partial charge is 0.389 e. The van der Waals surface area contributed by atoms with Gasteiger partial charge in [0.1, 0.15) is 10.8 Å². The predicted octanol–water partition coefficient (Wildman–Crippen LogP) is 3.02. The summed E-state index contributed by atoms with van der Waals surface area (Å²) in [5.74, 6) is -0.238. The van der Waals surface area contributed by atoms with Crippen LogP contribution in [0.5, 0.6) is 0 Å². The van der Waals surface area contributed by atoms with E-state index in [1.54, 1.807) is 18.3 Å². The average Bonchev–Trinajstić information content (AvgIpc) is 2.69. The molecule has 0 fully saturated rings. The van der Waals surface area contributed by atoms with E-state index in [0.29, 0.717) is 5.00 Å². The zero-order valence-corrected chi connectivity index (χ0v) is 9.67. The number of anilines is 3. The van der Waals surface area contributed by atoms with E-state index in [-0.39, 0.29) is 5.82 Å². The Bertz CT molecular complexity index is 466. The summed E-state index contributed by atoms with van der Waals surface area (Å²) in [7, 11) is 0. The maximum atomic E-state index is 12.8. The van der Waals surface area contributed by atoms with Gasteiger partial charge in [-0.2, -0.15) is 0 Å². The fourth-order valence-electron chi connectivity index (χ4n) is 1.45. The van der Waals surface area contributed by atoms with E-state index in [9.17, 15) is 4.39 Å². The molecule has 3 nitrogen and oxygen atoms in total. The summed E-state index contributed by atoms with van der Waals surface area (Å²) in [5.41, 5.74) is 6.56. The standard InChI is InChI=1S/C11H12FN3S/c1-2-15(11-14-7-10(13)16-11)9-5-3-8(12)4-6-9/h3-7H,2,13H2,1H3. The lowest BCUT2D eigenvalue weighted by Crippen LogP contribution is -2.15. The van der Waals surface area contributed by atoms with E-state index >= 15 is 0 Å². The second-order valence-electron chi connectivity index (χ2n) is 3.27. The van der Waals surface area contributed by atoms with Crippen molar-refractivity contribution in [3.63, 3.8) is 0 Å². The zero-order chi connectivity index (χ0) is 11.5. The molecule has 0 radical (unpaired) electrons. The minimum Gasteiger partial charge on any atom is -0.389 e. The zero-order valence-electron chi connectivity index (χ0n) is 8.85. The number of nitrogen functional groups attached to an aromatic ring is 1. The molecular weight excluding hydrogens is 225 g/mol. The van der Waals surface area contributed by atoms with Crippen molar-refractivity contribution in [3.05, 3.63) is 36.3 Å². The molecular formula is C11H12FN3S. The molecule has 0 saturated heterocycles. The second-order valence-corrected chi connectivity index (χ2v) is 4.31. The van der Waals surface area contributed by atoms with E-state index in [2.05, 4.69) is 4.98 Å². The number of hydrogen-bond donors (Lipinski definition) is 1. The molecule has 2 rings (SSSR count). The van der Waals surface area contributed by atoms with Gasteiger partial charge in [-0.15, -0.1) is 0 Å². The fraction of sp³-hybridized carbons (Fsp3) is 0.182. The first kappa shape index (κ1) is 10.9. The summed E-state index contributed by atoms with van der Waals surface area (Å²) in [4.78, 5) is 6.20. The Balaban J connectivity index is 2.32. The molecule has 2 N–H and O–H groups in total. The van der Waals surface area contributed by atoms with Gasteiger partial charge in [0.2, 0.25) is 0 Å². The van der Waals surface area contributed by atoms with Gasteiger partial charge < -0.3 is 10.6 Å². The van der Waals surface area contributed by atoms with Crippen LogP contribution in [0.3, 0.4) is 0 Å². The Morgan fingerprint density at radius 2 is 2.06 bits per heavy atom. The number of rotatable bonds is 3. The molecule has 1 aromatic heterocycles. The summed E-state index contributed by atoms with van der Waals surface area (Å²) >= 11 is 1.42. The number of hydrogen-bond acceptors (Lipinski definition) is 4. The lowest BCUT2D eigenvalue weighted by atomic mass is 10.3. The lowest BCUT2D eigenvalue weighted by molar-refractivity contribution is 0.628. The summed E-state index contributed by atoms with van der Waals surface area (Å²) in [5, 5.41) is 1.50. The number of benzene rings is 1. The molecule has 0 amide bonds.